The van der Waals surface area contributed by atoms with Crippen molar-refractivity contribution in [2.24, 2.45) is 11.3 Å². The van der Waals surface area contributed by atoms with Crippen LogP contribution in [0.15, 0.2) is 18.2 Å². The van der Waals surface area contributed by atoms with Crippen molar-refractivity contribution in [2.45, 2.75) is 76.9 Å². The molecular formula is C22H34O3. The van der Waals surface area contributed by atoms with Gasteiger partial charge >= 0.3 is 0 Å². The lowest BCUT2D eigenvalue weighted by atomic mass is 9.55. The minimum absolute atomic E-state index is 0.361. The van der Waals surface area contributed by atoms with Gasteiger partial charge in [0.1, 0.15) is 5.75 Å². The van der Waals surface area contributed by atoms with Crippen LogP contribution in [-0.2, 0) is 15.9 Å². The molecule has 1 saturated carbocycles. The predicted octanol–water partition coefficient (Wildman–Crippen LogP) is 5.41. The third-order valence-electron chi connectivity index (χ3n) is 6.85. The highest BCUT2D eigenvalue weighted by atomic mass is 16.7. The number of rotatable bonds is 6. The molecule has 0 amide bonds. The first kappa shape index (κ1) is 18.7. The van der Waals surface area contributed by atoms with E-state index in [0.29, 0.717) is 17.1 Å². The maximum Gasteiger partial charge on any atom is 0.168 e. The second-order valence-corrected chi connectivity index (χ2v) is 8.61. The van der Waals surface area contributed by atoms with Crippen molar-refractivity contribution in [1.82, 2.24) is 0 Å². The minimum Gasteiger partial charge on any atom is -0.508 e. The highest BCUT2D eigenvalue weighted by Gasteiger charge is 2.51. The Balaban J connectivity index is 1.92. The van der Waals surface area contributed by atoms with Crippen molar-refractivity contribution >= 4 is 0 Å². The fourth-order valence-electron chi connectivity index (χ4n) is 5.26. The first-order valence-corrected chi connectivity index (χ1v) is 9.86. The number of aromatic hydroxyl groups is 1. The van der Waals surface area contributed by atoms with E-state index in [2.05, 4.69) is 19.9 Å². The molecule has 0 bridgehead atoms. The number of fused-ring (bicyclic) bond motifs is 3. The quantitative estimate of drug-likeness (QED) is 0.700. The van der Waals surface area contributed by atoms with E-state index in [1.807, 2.05) is 12.1 Å². The predicted molar refractivity (Wildman–Crippen MR) is 101 cm³/mol. The standard InChI is InChI=1S/C22H34O3/c1-16(2)6-5-10-21-11-9-17-14-18(23)7-8-19(17)20(21)15-22(24-3,25-4)13-12-21/h7-8,14,16,20,23H,5-6,9-13,15H2,1-4H3. The SMILES string of the molecule is COC1(OC)CCC2(CCCC(C)C)CCc3cc(O)ccc3C2C1. The zero-order valence-electron chi connectivity index (χ0n) is 16.3. The van der Waals surface area contributed by atoms with E-state index in [1.54, 1.807) is 14.2 Å². The molecule has 2 atom stereocenters. The third-order valence-corrected chi connectivity index (χ3v) is 6.85. The molecule has 0 radical (unpaired) electrons. The number of methoxy groups -OCH3 is 2. The molecule has 1 fully saturated rings. The molecular weight excluding hydrogens is 312 g/mol. The molecule has 3 rings (SSSR count). The van der Waals surface area contributed by atoms with Gasteiger partial charge in [-0.2, -0.15) is 0 Å². The van der Waals surface area contributed by atoms with Gasteiger partial charge in [0, 0.05) is 27.1 Å². The lowest BCUT2D eigenvalue weighted by molar-refractivity contribution is -0.241. The molecule has 2 aliphatic rings. The van der Waals surface area contributed by atoms with Crippen molar-refractivity contribution < 1.29 is 14.6 Å². The molecule has 140 valence electrons. The Morgan fingerprint density at radius 3 is 2.60 bits per heavy atom. The van der Waals surface area contributed by atoms with Crippen LogP contribution in [0.25, 0.3) is 0 Å². The zero-order valence-corrected chi connectivity index (χ0v) is 16.3. The monoisotopic (exact) mass is 346 g/mol. The Bertz CT molecular complexity index is 591. The molecule has 1 N–H and O–H groups in total. The van der Waals surface area contributed by atoms with Gasteiger partial charge in [0.15, 0.2) is 5.79 Å². The van der Waals surface area contributed by atoms with Crippen LogP contribution < -0.4 is 0 Å². The number of hydrogen-bond acceptors (Lipinski definition) is 3. The number of phenols is 1. The van der Waals surface area contributed by atoms with E-state index in [1.165, 1.54) is 36.8 Å². The summed E-state index contributed by atoms with van der Waals surface area (Å²) in [7, 11) is 3.55. The van der Waals surface area contributed by atoms with Gasteiger partial charge in [0.05, 0.1) is 0 Å². The molecule has 0 spiro atoms. The number of benzene rings is 1. The largest absolute Gasteiger partial charge is 0.508 e. The molecule has 2 unspecified atom stereocenters. The van der Waals surface area contributed by atoms with E-state index in [0.717, 1.165) is 31.6 Å². The molecule has 3 nitrogen and oxygen atoms in total. The van der Waals surface area contributed by atoms with Crippen molar-refractivity contribution in [3.05, 3.63) is 29.3 Å². The van der Waals surface area contributed by atoms with Crippen molar-refractivity contribution in [2.75, 3.05) is 14.2 Å². The Morgan fingerprint density at radius 1 is 1.16 bits per heavy atom. The van der Waals surface area contributed by atoms with E-state index < -0.39 is 5.79 Å². The molecule has 0 aromatic heterocycles. The van der Waals surface area contributed by atoms with Gasteiger partial charge in [0.2, 0.25) is 0 Å². The molecule has 2 aliphatic carbocycles. The molecule has 3 heteroatoms. The molecule has 25 heavy (non-hydrogen) atoms. The summed E-state index contributed by atoms with van der Waals surface area (Å²) in [5, 5.41) is 9.90. The lowest BCUT2D eigenvalue weighted by Gasteiger charge is -2.53. The summed E-state index contributed by atoms with van der Waals surface area (Å²) in [5.41, 5.74) is 3.08. The van der Waals surface area contributed by atoms with E-state index in [4.69, 9.17) is 9.47 Å². The normalized spacial score (nSPS) is 27.8. The van der Waals surface area contributed by atoms with Gasteiger partial charge < -0.3 is 14.6 Å². The number of ether oxygens (including phenoxy) is 2. The summed E-state index contributed by atoms with van der Waals surface area (Å²) < 4.78 is 11.7. The van der Waals surface area contributed by atoms with Crippen LogP contribution in [0.1, 0.15) is 75.8 Å². The van der Waals surface area contributed by atoms with E-state index in [9.17, 15) is 5.11 Å². The fourth-order valence-corrected chi connectivity index (χ4v) is 5.26. The highest BCUT2D eigenvalue weighted by Crippen LogP contribution is 2.59. The average Bonchev–Trinajstić information content (AvgIpc) is 2.61. The molecule has 0 saturated heterocycles. The Morgan fingerprint density at radius 2 is 1.92 bits per heavy atom. The Kier molecular flexibility index (Phi) is 5.45. The van der Waals surface area contributed by atoms with Gasteiger partial charge in [0.25, 0.3) is 0 Å². The minimum atomic E-state index is -0.460. The van der Waals surface area contributed by atoms with Crippen molar-refractivity contribution in [1.29, 1.82) is 0 Å². The maximum atomic E-state index is 9.90. The van der Waals surface area contributed by atoms with E-state index >= 15 is 0 Å². The van der Waals surface area contributed by atoms with Crippen LogP contribution in [0.3, 0.4) is 0 Å². The van der Waals surface area contributed by atoms with Crippen LogP contribution >= 0.6 is 0 Å². The smallest absolute Gasteiger partial charge is 0.168 e. The average molecular weight is 347 g/mol. The summed E-state index contributed by atoms with van der Waals surface area (Å²) in [6.45, 7) is 4.63. The van der Waals surface area contributed by atoms with Crippen LogP contribution in [0, 0.1) is 11.3 Å². The summed E-state index contributed by atoms with van der Waals surface area (Å²) in [6, 6.07) is 5.95. The summed E-state index contributed by atoms with van der Waals surface area (Å²) >= 11 is 0. The van der Waals surface area contributed by atoms with Crippen LogP contribution in [0.4, 0.5) is 0 Å². The number of aryl methyl sites for hydroxylation is 1. The molecule has 0 aliphatic heterocycles. The second-order valence-electron chi connectivity index (χ2n) is 8.61. The zero-order chi connectivity index (χ0) is 18.1. The third kappa shape index (κ3) is 3.59. The fraction of sp³-hybridized carbons (Fsp3) is 0.727. The lowest BCUT2D eigenvalue weighted by Crippen LogP contribution is -2.48. The molecule has 1 aromatic carbocycles. The van der Waals surface area contributed by atoms with Gasteiger partial charge in [-0.05, 0) is 66.2 Å². The first-order chi connectivity index (χ1) is 11.9. The van der Waals surface area contributed by atoms with Crippen LogP contribution in [0.2, 0.25) is 0 Å². The second kappa shape index (κ2) is 7.28. The van der Waals surface area contributed by atoms with Crippen LogP contribution in [0.5, 0.6) is 5.75 Å². The summed E-state index contributed by atoms with van der Waals surface area (Å²) in [6.07, 6.45) is 9.25. The first-order valence-electron chi connectivity index (χ1n) is 9.86. The van der Waals surface area contributed by atoms with E-state index in [-0.39, 0.29) is 0 Å². The summed E-state index contributed by atoms with van der Waals surface area (Å²) in [5.74, 6) is 1.14. The maximum absolute atomic E-state index is 9.90. The van der Waals surface area contributed by atoms with Crippen LogP contribution in [-0.4, -0.2) is 25.1 Å². The Hall–Kier alpha value is -1.06. The Labute approximate surface area is 152 Å². The highest BCUT2D eigenvalue weighted by molar-refractivity contribution is 5.41. The van der Waals surface area contributed by atoms with Gasteiger partial charge in [-0.1, -0.05) is 32.8 Å². The van der Waals surface area contributed by atoms with Gasteiger partial charge in [-0.15, -0.1) is 0 Å². The molecule has 0 heterocycles. The van der Waals surface area contributed by atoms with Gasteiger partial charge in [-0.3, -0.25) is 0 Å². The van der Waals surface area contributed by atoms with Crippen molar-refractivity contribution in [3.63, 3.8) is 0 Å². The number of hydrogen-bond donors (Lipinski definition) is 1. The topological polar surface area (TPSA) is 38.7 Å². The van der Waals surface area contributed by atoms with Gasteiger partial charge in [-0.25, -0.2) is 0 Å². The number of phenolic OH excluding ortho intramolecular Hbond substituents is 1. The summed E-state index contributed by atoms with van der Waals surface area (Å²) in [4.78, 5) is 0. The van der Waals surface area contributed by atoms with Crippen molar-refractivity contribution in [3.8, 4) is 5.75 Å². The molecule has 1 aromatic rings.